The van der Waals surface area contributed by atoms with Crippen LogP contribution >= 0.6 is 11.3 Å². The number of aromatic nitrogens is 1. The fourth-order valence-corrected chi connectivity index (χ4v) is 2.02. The lowest BCUT2D eigenvalue weighted by molar-refractivity contribution is 1.48. The molecule has 0 radical (unpaired) electrons. The van der Waals surface area contributed by atoms with Crippen molar-refractivity contribution in [2.45, 2.75) is 6.92 Å². The Morgan fingerprint density at radius 2 is 1.56 bits per heavy atom. The van der Waals surface area contributed by atoms with E-state index in [1.54, 1.807) is 11.3 Å². The minimum Gasteiger partial charge on any atom is -0.245 e. The molecule has 3 aromatic rings. The third-order valence-corrected chi connectivity index (χ3v) is 2.99. The van der Waals surface area contributed by atoms with E-state index >= 15 is 0 Å². The average molecular weight is 227 g/mol. The molecule has 0 atom stereocenters. The van der Waals surface area contributed by atoms with E-state index in [-0.39, 0.29) is 0 Å². The second-order valence-corrected chi connectivity index (χ2v) is 4.36. The van der Waals surface area contributed by atoms with Crippen molar-refractivity contribution >= 4 is 21.6 Å². The van der Waals surface area contributed by atoms with Gasteiger partial charge in [0, 0.05) is 0 Å². The van der Waals surface area contributed by atoms with Crippen molar-refractivity contribution in [3.8, 4) is 0 Å². The summed E-state index contributed by atoms with van der Waals surface area (Å²) in [4.78, 5) is 4.14. The van der Waals surface area contributed by atoms with Crippen LogP contribution in [0.25, 0.3) is 10.2 Å². The summed E-state index contributed by atoms with van der Waals surface area (Å²) in [5.74, 6) is 0. The van der Waals surface area contributed by atoms with Gasteiger partial charge in [0.15, 0.2) is 0 Å². The molecule has 3 rings (SSSR count). The van der Waals surface area contributed by atoms with E-state index in [2.05, 4.69) is 30.1 Å². The minimum absolute atomic E-state index is 1.10. The van der Waals surface area contributed by atoms with Crippen LogP contribution in [0.3, 0.4) is 0 Å². The second kappa shape index (κ2) is 5.42. The first-order valence-electron chi connectivity index (χ1n) is 5.16. The largest absolute Gasteiger partial charge is 0.245 e. The van der Waals surface area contributed by atoms with Gasteiger partial charge in [0.25, 0.3) is 0 Å². The van der Waals surface area contributed by atoms with E-state index in [4.69, 9.17) is 0 Å². The first kappa shape index (κ1) is 10.8. The Hall–Kier alpha value is -1.67. The monoisotopic (exact) mass is 227 g/mol. The zero-order valence-corrected chi connectivity index (χ0v) is 9.95. The first-order chi connectivity index (χ1) is 7.86. The van der Waals surface area contributed by atoms with Gasteiger partial charge in [-0.25, -0.2) is 4.98 Å². The molecule has 0 N–H and O–H groups in total. The molecular formula is C14H13NS. The second-order valence-electron chi connectivity index (χ2n) is 3.47. The Morgan fingerprint density at radius 3 is 2.19 bits per heavy atom. The van der Waals surface area contributed by atoms with Gasteiger partial charge in [-0.2, -0.15) is 0 Å². The summed E-state index contributed by atoms with van der Waals surface area (Å²) in [5.41, 5.74) is 4.29. The van der Waals surface area contributed by atoms with Gasteiger partial charge in [0.1, 0.15) is 0 Å². The lowest BCUT2D eigenvalue weighted by atomic mass is 10.2. The molecule has 0 aliphatic carbocycles. The molecule has 0 bridgehead atoms. The highest BCUT2D eigenvalue weighted by molar-refractivity contribution is 7.16. The maximum absolute atomic E-state index is 4.14. The van der Waals surface area contributed by atoms with Crippen molar-refractivity contribution in [1.29, 1.82) is 0 Å². The summed E-state index contributed by atoms with van der Waals surface area (Å²) in [7, 11) is 0. The minimum atomic E-state index is 1.10. The molecule has 1 nitrogen and oxygen atoms in total. The number of thiazole rings is 1. The molecule has 0 aliphatic heterocycles. The van der Waals surface area contributed by atoms with Crippen LogP contribution in [-0.4, -0.2) is 4.98 Å². The van der Waals surface area contributed by atoms with Crippen LogP contribution in [0.4, 0.5) is 0 Å². The molecule has 0 fully saturated rings. The van der Waals surface area contributed by atoms with Crippen LogP contribution in [-0.2, 0) is 0 Å². The lowest BCUT2D eigenvalue weighted by Gasteiger charge is -1.82. The predicted octanol–water partition coefficient (Wildman–Crippen LogP) is 4.29. The van der Waals surface area contributed by atoms with Crippen LogP contribution in [0.1, 0.15) is 5.56 Å². The molecular weight excluding hydrogens is 214 g/mol. The number of hydrogen-bond acceptors (Lipinski definition) is 2. The molecule has 80 valence electrons. The number of para-hydroxylation sites is 1. The standard InChI is InChI=1S/C7H5NS.C7H8/c1-2-4-7-6(3-1)8-5-9-7;1-7-5-3-2-4-6-7/h1-5H;2-6H,1H3. The third-order valence-electron chi connectivity index (χ3n) is 2.18. The van der Waals surface area contributed by atoms with E-state index in [0.29, 0.717) is 0 Å². The van der Waals surface area contributed by atoms with Crippen molar-refractivity contribution in [2.75, 3.05) is 0 Å². The Balaban J connectivity index is 0.000000125. The molecule has 2 heteroatoms. The number of hydrogen-bond donors (Lipinski definition) is 0. The zero-order valence-electron chi connectivity index (χ0n) is 9.13. The van der Waals surface area contributed by atoms with Crippen molar-refractivity contribution in [3.05, 3.63) is 65.7 Å². The molecule has 0 saturated carbocycles. The van der Waals surface area contributed by atoms with Gasteiger partial charge in [-0.15, -0.1) is 11.3 Å². The Kier molecular flexibility index (Phi) is 3.67. The zero-order chi connectivity index (χ0) is 11.2. The highest BCUT2D eigenvalue weighted by Crippen LogP contribution is 2.15. The summed E-state index contributed by atoms with van der Waals surface area (Å²) in [5, 5.41) is 0. The highest BCUT2D eigenvalue weighted by Gasteiger charge is 1.89. The molecule has 0 saturated heterocycles. The summed E-state index contributed by atoms with van der Waals surface area (Å²) in [6, 6.07) is 18.4. The van der Waals surface area contributed by atoms with Gasteiger partial charge < -0.3 is 0 Å². The average Bonchev–Trinajstić information content (AvgIpc) is 2.79. The quantitative estimate of drug-likeness (QED) is 0.558. The molecule has 16 heavy (non-hydrogen) atoms. The Bertz CT molecular complexity index is 512. The fraction of sp³-hybridized carbons (Fsp3) is 0.0714. The van der Waals surface area contributed by atoms with Gasteiger partial charge in [0.2, 0.25) is 0 Å². The maximum atomic E-state index is 4.14. The highest BCUT2D eigenvalue weighted by atomic mass is 32.1. The summed E-state index contributed by atoms with van der Waals surface area (Å²) in [6.45, 7) is 2.08. The van der Waals surface area contributed by atoms with E-state index in [1.165, 1.54) is 10.3 Å². The third kappa shape index (κ3) is 2.91. The van der Waals surface area contributed by atoms with E-state index in [9.17, 15) is 0 Å². The van der Waals surface area contributed by atoms with Crippen LogP contribution in [0.5, 0.6) is 0 Å². The summed E-state index contributed by atoms with van der Waals surface area (Å²) < 4.78 is 1.26. The first-order valence-corrected chi connectivity index (χ1v) is 6.04. The molecule has 0 aliphatic rings. The molecule has 0 unspecified atom stereocenters. The van der Waals surface area contributed by atoms with Crippen molar-refractivity contribution in [2.24, 2.45) is 0 Å². The molecule has 0 amide bonds. The Morgan fingerprint density at radius 1 is 0.875 bits per heavy atom. The van der Waals surface area contributed by atoms with E-state index < -0.39 is 0 Å². The normalized spacial score (nSPS) is 9.56. The number of benzene rings is 2. The molecule has 2 aromatic carbocycles. The number of aryl methyl sites for hydroxylation is 1. The van der Waals surface area contributed by atoms with Crippen LogP contribution < -0.4 is 0 Å². The van der Waals surface area contributed by atoms with E-state index in [1.807, 2.05) is 41.9 Å². The van der Waals surface area contributed by atoms with Crippen LogP contribution in [0.15, 0.2) is 60.1 Å². The summed E-state index contributed by atoms with van der Waals surface area (Å²) in [6.07, 6.45) is 0. The van der Waals surface area contributed by atoms with Gasteiger partial charge >= 0.3 is 0 Å². The Labute approximate surface area is 99.4 Å². The van der Waals surface area contributed by atoms with Gasteiger partial charge in [0.05, 0.1) is 15.7 Å². The van der Waals surface area contributed by atoms with E-state index in [0.717, 1.165) is 5.52 Å². The van der Waals surface area contributed by atoms with Crippen LogP contribution in [0.2, 0.25) is 0 Å². The summed E-state index contributed by atoms with van der Waals surface area (Å²) >= 11 is 1.68. The van der Waals surface area contributed by atoms with Gasteiger partial charge in [-0.3, -0.25) is 0 Å². The lowest BCUT2D eigenvalue weighted by Crippen LogP contribution is -1.62. The van der Waals surface area contributed by atoms with Crippen molar-refractivity contribution in [1.82, 2.24) is 4.98 Å². The topological polar surface area (TPSA) is 12.9 Å². The van der Waals surface area contributed by atoms with Crippen LogP contribution in [0, 0.1) is 6.92 Å². The molecule has 0 spiro atoms. The molecule has 1 heterocycles. The molecule has 1 aromatic heterocycles. The number of fused-ring (bicyclic) bond motifs is 1. The van der Waals surface area contributed by atoms with Crippen molar-refractivity contribution < 1.29 is 0 Å². The predicted molar refractivity (Wildman–Crippen MR) is 70.8 cm³/mol. The van der Waals surface area contributed by atoms with Gasteiger partial charge in [-0.05, 0) is 19.1 Å². The fourth-order valence-electron chi connectivity index (χ4n) is 1.34. The van der Waals surface area contributed by atoms with Crippen molar-refractivity contribution in [3.63, 3.8) is 0 Å². The van der Waals surface area contributed by atoms with Gasteiger partial charge in [-0.1, -0.05) is 48.0 Å². The number of rotatable bonds is 0. The smallest absolute Gasteiger partial charge is 0.0812 e. The number of nitrogens with zero attached hydrogens (tertiary/aromatic N) is 1. The SMILES string of the molecule is Cc1ccccc1.c1ccc2scnc2c1. The maximum Gasteiger partial charge on any atom is 0.0812 e.